The fraction of sp³-hybridized carbons (Fsp3) is 0.625. The first kappa shape index (κ1) is 8.22. The van der Waals surface area contributed by atoms with Crippen LogP contribution in [0.25, 0.3) is 0 Å². The summed E-state index contributed by atoms with van der Waals surface area (Å²) in [6.07, 6.45) is 4.78. The number of nitrogen functional groups attached to an aromatic ring is 2. The van der Waals surface area contributed by atoms with Crippen LogP contribution in [-0.4, -0.2) is 15.0 Å². The van der Waals surface area contributed by atoms with E-state index in [2.05, 4.69) is 15.0 Å². The van der Waals surface area contributed by atoms with Crippen molar-refractivity contribution in [3.8, 4) is 0 Å². The molecule has 0 atom stereocenters. The van der Waals surface area contributed by atoms with Crippen LogP contribution in [0.4, 0.5) is 11.9 Å². The molecular formula is C8H13N5. The molecule has 13 heavy (non-hydrogen) atoms. The molecule has 5 heteroatoms. The van der Waals surface area contributed by atoms with Gasteiger partial charge in [0.15, 0.2) is 0 Å². The second kappa shape index (κ2) is 3.16. The van der Waals surface area contributed by atoms with Crippen molar-refractivity contribution in [2.75, 3.05) is 11.5 Å². The summed E-state index contributed by atoms with van der Waals surface area (Å²) < 4.78 is 0. The Hall–Kier alpha value is -1.39. The van der Waals surface area contributed by atoms with E-state index >= 15 is 0 Å². The highest BCUT2D eigenvalue weighted by atomic mass is 15.1. The average molecular weight is 179 g/mol. The molecule has 1 aliphatic carbocycles. The standard InChI is InChI=1S/C8H13N5/c9-7-11-6(12-8(10)13-7)5-3-1-2-4-5/h5H,1-4H2,(H4,9,10,11,12,13). The molecule has 0 saturated heterocycles. The lowest BCUT2D eigenvalue weighted by Gasteiger charge is -2.07. The number of rotatable bonds is 1. The molecule has 1 heterocycles. The van der Waals surface area contributed by atoms with Gasteiger partial charge in [0.1, 0.15) is 5.82 Å². The zero-order chi connectivity index (χ0) is 9.26. The number of nitrogens with two attached hydrogens (primary N) is 2. The van der Waals surface area contributed by atoms with E-state index in [0.717, 1.165) is 18.7 Å². The minimum atomic E-state index is 0.231. The lowest BCUT2D eigenvalue weighted by molar-refractivity contribution is 0.665. The van der Waals surface area contributed by atoms with Gasteiger partial charge in [-0.05, 0) is 12.8 Å². The number of nitrogens with zero attached hydrogens (tertiary/aromatic N) is 3. The minimum absolute atomic E-state index is 0.231. The second-order valence-corrected chi connectivity index (χ2v) is 3.39. The molecule has 4 N–H and O–H groups in total. The predicted molar refractivity (Wildman–Crippen MR) is 49.9 cm³/mol. The molecule has 1 fully saturated rings. The molecule has 0 unspecified atom stereocenters. The fourth-order valence-corrected chi connectivity index (χ4v) is 1.79. The van der Waals surface area contributed by atoms with Crippen LogP contribution in [0.3, 0.4) is 0 Å². The Morgan fingerprint density at radius 3 is 2.00 bits per heavy atom. The van der Waals surface area contributed by atoms with E-state index in [1.54, 1.807) is 0 Å². The van der Waals surface area contributed by atoms with Crippen LogP contribution in [0.5, 0.6) is 0 Å². The average Bonchev–Trinajstić information content (AvgIpc) is 2.53. The monoisotopic (exact) mass is 179 g/mol. The first-order chi connectivity index (χ1) is 6.25. The number of aromatic nitrogens is 3. The number of anilines is 2. The van der Waals surface area contributed by atoms with Gasteiger partial charge in [-0.15, -0.1) is 0 Å². The van der Waals surface area contributed by atoms with Gasteiger partial charge in [-0.1, -0.05) is 12.8 Å². The van der Waals surface area contributed by atoms with Crippen molar-refractivity contribution in [1.29, 1.82) is 0 Å². The van der Waals surface area contributed by atoms with Crippen molar-refractivity contribution in [1.82, 2.24) is 15.0 Å². The lowest BCUT2D eigenvalue weighted by atomic mass is 10.1. The summed E-state index contributed by atoms with van der Waals surface area (Å²) in [5.74, 6) is 1.67. The first-order valence-electron chi connectivity index (χ1n) is 4.52. The maximum absolute atomic E-state index is 5.48. The fourth-order valence-electron chi connectivity index (χ4n) is 1.79. The van der Waals surface area contributed by atoms with Gasteiger partial charge in [0, 0.05) is 5.92 Å². The van der Waals surface area contributed by atoms with E-state index in [1.807, 2.05) is 0 Å². The minimum Gasteiger partial charge on any atom is -0.368 e. The molecule has 5 nitrogen and oxygen atoms in total. The molecule has 0 radical (unpaired) electrons. The zero-order valence-corrected chi connectivity index (χ0v) is 7.40. The largest absolute Gasteiger partial charge is 0.368 e. The van der Waals surface area contributed by atoms with Gasteiger partial charge in [-0.3, -0.25) is 0 Å². The molecule has 1 aliphatic rings. The Morgan fingerprint density at radius 2 is 1.46 bits per heavy atom. The Bertz CT molecular complexity index is 285. The van der Waals surface area contributed by atoms with Gasteiger partial charge in [0.25, 0.3) is 0 Å². The molecule has 70 valence electrons. The van der Waals surface area contributed by atoms with Crippen LogP contribution < -0.4 is 11.5 Å². The van der Waals surface area contributed by atoms with E-state index in [1.165, 1.54) is 12.8 Å². The van der Waals surface area contributed by atoms with E-state index in [-0.39, 0.29) is 11.9 Å². The van der Waals surface area contributed by atoms with Crippen LogP contribution in [0.15, 0.2) is 0 Å². The van der Waals surface area contributed by atoms with E-state index in [4.69, 9.17) is 11.5 Å². The molecule has 2 rings (SSSR count). The Morgan fingerprint density at radius 1 is 0.923 bits per heavy atom. The molecule has 0 aliphatic heterocycles. The Balaban J connectivity index is 2.28. The van der Waals surface area contributed by atoms with Gasteiger partial charge >= 0.3 is 0 Å². The second-order valence-electron chi connectivity index (χ2n) is 3.39. The van der Waals surface area contributed by atoms with Crippen molar-refractivity contribution in [3.63, 3.8) is 0 Å². The van der Waals surface area contributed by atoms with Crippen molar-refractivity contribution in [2.45, 2.75) is 31.6 Å². The maximum atomic E-state index is 5.48. The highest BCUT2D eigenvalue weighted by Crippen LogP contribution is 2.32. The summed E-state index contributed by atoms with van der Waals surface area (Å²) >= 11 is 0. The third-order valence-electron chi connectivity index (χ3n) is 2.41. The normalized spacial score (nSPS) is 17.8. The van der Waals surface area contributed by atoms with E-state index in [0.29, 0.717) is 5.92 Å². The third-order valence-corrected chi connectivity index (χ3v) is 2.41. The summed E-state index contributed by atoms with van der Waals surface area (Å²) in [5, 5.41) is 0. The smallest absolute Gasteiger partial charge is 0.225 e. The number of hydrogen-bond acceptors (Lipinski definition) is 5. The molecular weight excluding hydrogens is 166 g/mol. The number of hydrogen-bond donors (Lipinski definition) is 2. The highest BCUT2D eigenvalue weighted by molar-refractivity contribution is 5.27. The first-order valence-corrected chi connectivity index (χ1v) is 4.52. The van der Waals surface area contributed by atoms with E-state index in [9.17, 15) is 0 Å². The molecule has 0 bridgehead atoms. The Kier molecular flexibility index (Phi) is 2.00. The lowest BCUT2D eigenvalue weighted by Crippen LogP contribution is -2.09. The van der Waals surface area contributed by atoms with Crippen LogP contribution in [0, 0.1) is 0 Å². The third kappa shape index (κ3) is 1.68. The van der Waals surface area contributed by atoms with E-state index < -0.39 is 0 Å². The van der Waals surface area contributed by atoms with Gasteiger partial charge < -0.3 is 11.5 Å². The molecule has 0 spiro atoms. The summed E-state index contributed by atoms with van der Waals surface area (Å²) in [6, 6.07) is 0. The van der Waals surface area contributed by atoms with Gasteiger partial charge in [-0.25, -0.2) is 0 Å². The summed E-state index contributed by atoms with van der Waals surface area (Å²) in [7, 11) is 0. The van der Waals surface area contributed by atoms with Gasteiger partial charge in [0.2, 0.25) is 11.9 Å². The molecule has 0 amide bonds. The van der Waals surface area contributed by atoms with Gasteiger partial charge in [-0.2, -0.15) is 15.0 Å². The summed E-state index contributed by atoms with van der Waals surface area (Å²) in [4.78, 5) is 11.9. The molecule has 1 aromatic heterocycles. The summed E-state index contributed by atoms with van der Waals surface area (Å²) in [5.41, 5.74) is 11.0. The quantitative estimate of drug-likeness (QED) is 0.662. The van der Waals surface area contributed by atoms with Crippen molar-refractivity contribution in [3.05, 3.63) is 5.82 Å². The van der Waals surface area contributed by atoms with Gasteiger partial charge in [0.05, 0.1) is 0 Å². The summed E-state index contributed by atoms with van der Waals surface area (Å²) in [6.45, 7) is 0. The van der Waals surface area contributed by atoms with Crippen LogP contribution >= 0.6 is 0 Å². The van der Waals surface area contributed by atoms with Crippen LogP contribution in [0.1, 0.15) is 37.4 Å². The van der Waals surface area contributed by atoms with Crippen molar-refractivity contribution >= 4 is 11.9 Å². The predicted octanol–water partition coefficient (Wildman–Crippen LogP) is 0.694. The van der Waals surface area contributed by atoms with Crippen molar-refractivity contribution in [2.24, 2.45) is 0 Å². The highest BCUT2D eigenvalue weighted by Gasteiger charge is 2.20. The van der Waals surface area contributed by atoms with Crippen molar-refractivity contribution < 1.29 is 0 Å². The Labute approximate surface area is 76.6 Å². The SMILES string of the molecule is Nc1nc(N)nc(C2CCCC2)n1. The molecule has 0 aromatic carbocycles. The topological polar surface area (TPSA) is 90.7 Å². The van der Waals surface area contributed by atoms with Crippen LogP contribution in [0.2, 0.25) is 0 Å². The molecule has 1 aromatic rings. The van der Waals surface area contributed by atoms with Crippen LogP contribution in [-0.2, 0) is 0 Å². The maximum Gasteiger partial charge on any atom is 0.225 e. The zero-order valence-electron chi connectivity index (χ0n) is 7.40. The molecule has 1 saturated carbocycles.